The van der Waals surface area contributed by atoms with Gasteiger partial charge in [0.1, 0.15) is 0 Å². The summed E-state index contributed by atoms with van der Waals surface area (Å²) in [5.41, 5.74) is 6.88. The Bertz CT molecular complexity index is 554. The van der Waals surface area contributed by atoms with Crippen molar-refractivity contribution in [2.75, 3.05) is 11.9 Å². The number of aryl methyl sites for hydroxylation is 2. The highest BCUT2D eigenvalue weighted by molar-refractivity contribution is 5.69. The molecule has 0 fully saturated rings. The Hall–Kier alpha value is -1.76. The van der Waals surface area contributed by atoms with Crippen molar-refractivity contribution in [1.29, 1.82) is 0 Å². The van der Waals surface area contributed by atoms with Gasteiger partial charge in [0.2, 0.25) is 0 Å². The van der Waals surface area contributed by atoms with E-state index >= 15 is 0 Å². The van der Waals surface area contributed by atoms with Crippen LogP contribution in [0.2, 0.25) is 0 Å². The van der Waals surface area contributed by atoms with E-state index in [2.05, 4.69) is 54.7 Å². The Morgan fingerprint density at radius 3 is 2.58 bits per heavy atom. The van der Waals surface area contributed by atoms with Crippen molar-refractivity contribution < 1.29 is 0 Å². The van der Waals surface area contributed by atoms with Crippen molar-refractivity contribution in [3.63, 3.8) is 0 Å². The predicted molar refractivity (Wildman–Crippen MR) is 82.7 cm³/mol. The lowest BCUT2D eigenvalue weighted by molar-refractivity contribution is 0.830. The van der Waals surface area contributed by atoms with Gasteiger partial charge in [-0.25, -0.2) is 0 Å². The molecule has 1 nitrogen and oxygen atoms in total. The Morgan fingerprint density at radius 2 is 1.79 bits per heavy atom. The number of hydrogen-bond acceptors (Lipinski definition) is 1. The van der Waals surface area contributed by atoms with Crippen molar-refractivity contribution in [1.82, 2.24) is 0 Å². The van der Waals surface area contributed by atoms with E-state index in [4.69, 9.17) is 0 Å². The molecule has 0 bridgehead atoms. The topological polar surface area (TPSA) is 12.0 Å². The largest absolute Gasteiger partial charge is 0.385 e. The van der Waals surface area contributed by atoms with Crippen molar-refractivity contribution in [2.45, 2.75) is 32.6 Å². The zero-order valence-electron chi connectivity index (χ0n) is 11.6. The molecule has 0 saturated carbocycles. The van der Waals surface area contributed by atoms with Gasteiger partial charge in [-0.15, -0.1) is 0 Å². The first kappa shape index (κ1) is 12.3. The number of benzene rings is 2. The molecule has 0 amide bonds. The van der Waals surface area contributed by atoms with Crippen LogP contribution in [0.25, 0.3) is 11.1 Å². The normalized spacial score (nSPS) is 13.7. The molecule has 1 heterocycles. The molecule has 0 atom stereocenters. The fraction of sp³-hybridized carbons (Fsp3) is 0.333. The van der Waals surface area contributed by atoms with Crippen LogP contribution < -0.4 is 5.32 Å². The Labute approximate surface area is 115 Å². The zero-order chi connectivity index (χ0) is 13.1. The van der Waals surface area contributed by atoms with Gasteiger partial charge in [-0.2, -0.15) is 0 Å². The third-order valence-corrected chi connectivity index (χ3v) is 3.87. The molecular weight excluding hydrogens is 230 g/mol. The molecule has 19 heavy (non-hydrogen) atoms. The summed E-state index contributed by atoms with van der Waals surface area (Å²) in [6, 6.07) is 15.8. The van der Waals surface area contributed by atoms with Crippen molar-refractivity contribution in [2.24, 2.45) is 0 Å². The van der Waals surface area contributed by atoms with E-state index in [1.807, 2.05) is 0 Å². The van der Waals surface area contributed by atoms with Crippen molar-refractivity contribution >= 4 is 5.69 Å². The minimum Gasteiger partial charge on any atom is -0.385 e. The van der Waals surface area contributed by atoms with Crippen LogP contribution in [0.5, 0.6) is 0 Å². The van der Waals surface area contributed by atoms with E-state index < -0.39 is 0 Å². The molecule has 1 aliphatic rings. The van der Waals surface area contributed by atoms with Crippen LogP contribution in [0.1, 0.15) is 30.9 Å². The summed E-state index contributed by atoms with van der Waals surface area (Å²) >= 11 is 0. The number of fused-ring (bicyclic) bond motifs is 1. The smallest absolute Gasteiger partial charge is 0.0373 e. The fourth-order valence-corrected chi connectivity index (χ4v) is 2.81. The first-order chi connectivity index (χ1) is 9.36. The van der Waals surface area contributed by atoms with Gasteiger partial charge < -0.3 is 5.32 Å². The first-order valence-electron chi connectivity index (χ1n) is 7.33. The second kappa shape index (κ2) is 5.48. The summed E-state index contributed by atoms with van der Waals surface area (Å²) in [5.74, 6) is 0. The van der Waals surface area contributed by atoms with Gasteiger partial charge in [0.25, 0.3) is 0 Å². The lowest BCUT2D eigenvalue weighted by atomic mass is 9.96. The van der Waals surface area contributed by atoms with Gasteiger partial charge in [-0.05, 0) is 53.6 Å². The quantitative estimate of drug-likeness (QED) is 0.836. The van der Waals surface area contributed by atoms with Crippen LogP contribution in [0.15, 0.2) is 42.5 Å². The maximum absolute atomic E-state index is 3.47. The average molecular weight is 251 g/mol. The van der Waals surface area contributed by atoms with Gasteiger partial charge in [-0.1, -0.05) is 43.7 Å². The molecule has 1 heteroatoms. The SMILES string of the molecule is CCCc1ccc(-c2ccc3c(c2)CCCN3)cc1. The third-order valence-electron chi connectivity index (χ3n) is 3.87. The average Bonchev–Trinajstić information content (AvgIpc) is 2.48. The van der Waals surface area contributed by atoms with Gasteiger partial charge in [0, 0.05) is 12.2 Å². The third kappa shape index (κ3) is 2.65. The van der Waals surface area contributed by atoms with Crippen LogP contribution in [0.3, 0.4) is 0 Å². The first-order valence-corrected chi connectivity index (χ1v) is 7.33. The van der Waals surface area contributed by atoms with Crippen molar-refractivity contribution in [3.05, 3.63) is 53.6 Å². The van der Waals surface area contributed by atoms with Crippen molar-refractivity contribution in [3.8, 4) is 11.1 Å². The Morgan fingerprint density at radius 1 is 1.00 bits per heavy atom. The molecule has 1 aliphatic heterocycles. The monoisotopic (exact) mass is 251 g/mol. The maximum atomic E-state index is 3.47. The number of anilines is 1. The highest BCUT2D eigenvalue weighted by atomic mass is 14.9. The molecular formula is C18H21N. The molecule has 0 unspecified atom stereocenters. The maximum Gasteiger partial charge on any atom is 0.0373 e. The second-order valence-corrected chi connectivity index (χ2v) is 5.35. The van der Waals surface area contributed by atoms with E-state index in [1.165, 1.54) is 53.6 Å². The summed E-state index contributed by atoms with van der Waals surface area (Å²) in [5, 5.41) is 3.47. The Balaban J connectivity index is 1.89. The summed E-state index contributed by atoms with van der Waals surface area (Å²) in [4.78, 5) is 0. The van der Waals surface area contributed by atoms with Gasteiger partial charge >= 0.3 is 0 Å². The molecule has 2 aromatic rings. The Kier molecular flexibility index (Phi) is 3.54. The summed E-state index contributed by atoms with van der Waals surface area (Å²) < 4.78 is 0. The number of hydrogen-bond donors (Lipinski definition) is 1. The molecule has 0 aliphatic carbocycles. The minimum atomic E-state index is 1.11. The lowest BCUT2D eigenvalue weighted by Gasteiger charge is -2.18. The second-order valence-electron chi connectivity index (χ2n) is 5.35. The lowest BCUT2D eigenvalue weighted by Crippen LogP contribution is -2.11. The molecule has 0 aromatic heterocycles. The number of nitrogens with one attached hydrogen (secondary N) is 1. The van der Waals surface area contributed by atoms with Crippen LogP contribution >= 0.6 is 0 Å². The van der Waals surface area contributed by atoms with Crippen LogP contribution in [-0.2, 0) is 12.8 Å². The van der Waals surface area contributed by atoms with Crippen LogP contribution in [-0.4, -0.2) is 6.54 Å². The van der Waals surface area contributed by atoms with E-state index in [1.54, 1.807) is 0 Å². The molecule has 0 spiro atoms. The molecule has 98 valence electrons. The zero-order valence-corrected chi connectivity index (χ0v) is 11.6. The standard InChI is InChI=1S/C18H21N/c1-2-4-14-6-8-15(9-7-14)16-10-11-18-17(13-16)5-3-12-19-18/h6-11,13,19H,2-5,12H2,1H3. The van der Waals surface area contributed by atoms with Crippen LogP contribution in [0.4, 0.5) is 5.69 Å². The molecule has 0 radical (unpaired) electrons. The summed E-state index contributed by atoms with van der Waals surface area (Å²) in [6.45, 7) is 3.34. The highest BCUT2D eigenvalue weighted by Gasteiger charge is 2.09. The van der Waals surface area contributed by atoms with Gasteiger partial charge in [-0.3, -0.25) is 0 Å². The van der Waals surface area contributed by atoms with E-state index in [9.17, 15) is 0 Å². The number of rotatable bonds is 3. The summed E-state index contributed by atoms with van der Waals surface area (Å²) in [6.07, 6.45) is 4.83. The van der Waals surface area contributed by atoms with E-state index in [-0.39, 0.29) is 0 Å². The minimum absolute atomic E-state index is 1.11. The van der Waals surface area contributed by atoms with E-state index in [0.29, 0.717) is 0 Å². The fourth-order valence-electron chi connectivity index (χ4n) is 2.81. The predicted octanol–water partition coefficient (Wildman–Crippen LogP) is 4.66. The molecule has 1 N–H and O–H groups in total. The van der Waals surface area contributed by atoms with Crippen LogP contribution in [0, 0.1) is 0 Å². The van der Waals surface area contributed by atoms with Gasteiger partial charge in [0.15, 0.2) is 0 Å². The molecule has 0 saturated heterocycles. The van der Waals surface area contributed by atoms with E-state index in [0.717, 1.165) is 6.54 Å². The van der Waals surface area contributed by atoms with Gasteiger partial charge in [0.05, 0.1) is 0 Å². The summed E-state index contributed by atoms with van der Waals surface area (Å²) in [7, 11) is 0. The highest BCUT2D eigenvalue weighted by Crippen LogP contribution is 2.28. The molecule has 3 rings (SSSR count). The molecule has 2 aromatic carbocycles.